The molecule has 2 aromatic rings. The molecule has 154 valence electrons. The van der Waals surface area contributed by atoms with Crippen molar-refractivity contribution in [3.8, 4) is 5.75 Å². The van der Waals surface area contributed by atoms with Crippen LogP contribution in [0.3, 0.4) is 0 Å². The highest BCUT2D eigenvalue weighted by molar-refractivity contribution is 5.65. The molecule has 4 rings (SSSR count). The highest BCUT2D eigenvalue weighted by atomic mass is 16.5. The van der Waals surface area contributed by atoms with Crippen molar-refractivity contribution in [3.05, 3.63) is 64.7 Å². The van der Waals surface area contributed by atoms with E-state index in [1.807, 2.05) is 0 Å². The van der Waals surface area contributed by atoms with Crippen LogP contribution >= 0.6 is 0 Å². The highest BCUT2D eigenvalue weighted by Gasteiger charge is 2.20. The van der Waals surface area contributed by atoms with Crippen molar-refractivity contribution in [2.24, 2.45) is 0 Å². The minimum absolute atomic E-state index is 0.591. The fourth-order valence-corrected chi connectivity index (χ4v) is 4.25. The van der Waals surface area contributed by atoms with E-state index in [2.05, 4.69) is 47.4 Å². The Morgan fingerprint density at radius 3 is 2.31 bits per heavy atom. The zero-order chi connectivity index (χ0) is 20.1. The molecular formula is C24H30N2O3. The van der Waals surface area contributed by atoms with Gasteiger partial charge in [0.15, 0.2) is 0 Å². The smallest absolute Gasteiger partial charge is 0.407 e. The van der Waals surface area contributed by atoms with E-state index in [1.54, 1.807) is 0 Å². The number of fused-ring (bicyclic) bond motifs is 1. The van der Waals surface area contributed by atoms with Crippen LogP contribution < -0.4 is 4.74 Å². The maximum atomic E-state index is 11.0. The number of carbonyl (C=O) groups is 1. The molecule has 5 nitrogen and oxygen atoms in total. The van der Waals surface area contributed by atoms with Gasteiger partial charge in [0.05, 0.1) is 6.61 Å². The Morgan fingerprint density at radius 1 is 0.897 bits per heavy atom. The van der Waals surface area contributed by atoms with Crippen LogP contribution in [0.4, 0.5) is 4.79 Å². The zero-order valence-electron chi connectivity index (χ0n) is 17.0. The third-order valence-corrected chi connectivity index (χ3v) is 6.05. The number of hydrogen-bond donors (Lipinski definition) is 1. The molecule has 2 aliphatic rings. The molecule has 1 aliphatic carbocycles. The average Bonchev–Trinajstić information content (AvgIpc) is 2.75. The van der Waals surface area contributed by atoms with E-state index in [0.717, 1.165) is 31.8 Å². The van der Waals surface area contributed by atoms with Gasteiger partial charge < -0.3 is 14.7 Å². The average molecular weight is 395 g/mol. The summed E-state index contributed by atoms with van der Waals surface area (Å²) in [6, 6.07) is 15.3. The lowest BCUT2D eigenvalue weighted by Gasteiger charge is -2.33. The summed E-state index contributed by atoms with van der Waals surface area (Å²) in [7, 11) is 0. The number of benzene rings is 2. The predicted molar refractivity (Wildman–Crippen MR) is 114 cm³/mol. The van der Waals surface area contributed by atoms with Gasteiger partial charge in [-0.1, -0.05) is 30.3 Å². The number of rotatable bonds is 6. The van der Waals surface area contributed by atoms with Crippen molar-refractivity contribution in [2.45, 2.75) is 38.6 Å². The summed E-state index contributed by atoms with van der Waals surface area (Å²) in [5, 5.41) is 9.04. The van der Waals surface area contributed by atoms with Crippen molar-refractivity contribution in [2.75, 3.05) is 32.8 Å². The molecule has 0 unspecified atom stereocenters. The van der Waals surface area contributed by atoms with E-state index in [1.165, 1.54) is 52.8 Å². The Bertz CT molecular complexity index is 827. The standard InChI is InChI=1S/C24H30N2O3/c27-24(28)26-14-12-25(13-15-26)18-20-7-5-19(6-8-20)11-16-29-23-10-9-21-3-1-2-4-22(21)17-23/h5-10,17H,1-4,11-16,18H2,(H,27,28). The Kier molecular flexibility index (Phi) is 6.35. The largest absolute Gasteiger partial charge is 0.493 e. The molecule has 0 saturated carbocycles. The summed E-state index contributed by atoms with van der Waals surface area (Å²) in [4.78, 5) is 14.8. The molecule has 0 aromatic heterocycles. The molecule has 1 N–H and O–H groups in total. The van der Waals surface area contributed by atoms with Crippen LogP contribution in [-0.2, 0) is 25.8 Å². The van der Waals surface area contributed by atoms with Gasteiger partial charge in [-0.2, -0.15) is 0 Å². The quantitative estimate of drug-likeness (QED) is 0.805. The Morgan fingerprint density at radius 2 is 1.59 bits per heavy atom. The van der Waals surface area contributed by atoms with E-state index in [9.17, 15) is 4.79 Å². The summed E-state index contributed by atoms with van der Waals surface area (Å²) < 4.78 is 6.00. The Labute approximate surface area is 172 Å². The molecule has 1 aliphatic heterocycles. The Balaban J connectivity index is 1.22. The van der Waals surface area contributed by atoms with Crippen LogP contribution in [0.25, 0.3) is 0 Å². The summed E-state index contributed by atoms with van der Waals surface area (Å²) >= 11 is 0. The van der Waals surface area contributed by atoms with Gasteiger partial charge in [-0.15, -0.1) is 0 Å². The van der Waals surface area contributed by atoms with E-state index in [-0.39, 0.29) is 0 Å². The highest BCUT2D eigenvalue weighted by Crippen LogP contribution is 2.25. The van der Waals surface area contributed by atoms with Gasteiger partial charge in [-0.05, 0) is 60.1 Å². The number of nitrogens with zero attached hydrogens (tertiary/aromatic N) is 2. The van der Waals surface area contributed by atoms with Crippen molar-refractivity contribution in [1.29, 1.82) is 0 Å². The lowest BCUT2D eigenvalue weighted by Crippen LogP contribution is -2.47. The lowest BCUT2D eigenvalue weighted by atomic mass is 9.92. The first-order chi connectivity index (χ1) is 14.2. The molecule has 1 heterocycles. The second-order valence-electron chi connectivity index (χ2n) is 8.10. The van der Waals surface area contributed by atoms with Gasteiger partial charge in [0.25, 0.3) is 0 Å². The Hall–Kier alpha value is -2.53. The van der Waals surface area contributed by atoms with Crippen LogP contribution in [-0.4, -0.2) is 53.8 Å². The van der Waals surface area contributed by atoms with Crippen molar-refractivity contribution in [1.82, 2.24) is 9.80 Å². The molecule has 1 saturated heterocycles. The van der Waals surface area contributed by atoms with Gasteiger partial charge in [0.2, 0.25) is 0 Å². The summed E-state index contributed by atoms with van der Waals surface area (Å²) in [6.07, 6.45) is 5.07. The van der Waals surface area contributed by atoms with Gasteiger partial charge >= 0.3 is 6.09 Å². The minimum Gasteiger partial charge on any atom is -0.493 e. The second-order valence-corrected chi connectivity index (χ2v) is 8.10. The number of aryl methyl sites for hydroxylation is 2. The number of ether oxygens (including phenoxy) is 1. The molecule has 1 amide bonds. The maximum absolute atomic E-state index is 11.0. The first-order valence-corrected chi connectivity index (χ1v) is 10.7. The van der Waals surface area contributed by atoms with Gasteiger partial charge in [0, 0.05) is 39.1 Å². The first-order valence-electron chi connectivity index (χ1n) is 10.7. The molecule has 0 spiro atoms. The molecule has 0 radical (unpaired) electrons. The normalized spacial score (nSPS) is 17.0. The summed E-state index contributed by atoms with van der Waals surface area (Å²) in [5.74, 6) is 0.989. The van der Waals surface area contributed by atoms with E-state index in [0.29, 0.717) is 19.7 Å². The fraction of sp³-hybridized carbons (Fsp3) is 0.458. The molecule has 0 atom stereocenters. The fourth-order valence-electron chi connectivity index (χ4n) is 4.25. The first kappa shape index (κ1) is 19.8. The molecular weight excluding hydrogens is 364 g/mol. The monoisotopic (exact) mass is 394 g/mol. The van der Waals surface area contributed by atoms with Crippen LogP contribution in [0.2, 0.25) is 0 Å². The second kappa shape index (κ2) is 9.31. The number of carboxylic acid groups (broad SMARTS) is 1. The van der Waals surface area contributed by atoms with Crippen molar-refractivity contribution < 1.29 is 14.6 Å². The topological polar surface area (TPSA) is 53.0 Å². The number of hydrogen-bond acceptors (Lipinski definition) is 3. The number of piperazine rings is 1. The zero-order valence-corrected chi connectivity index (χ0v) is 17.0. The minimum atomic E-state index is -0.813. The van der Waals surface area contributed by atoms with Gasteiger partial charge in [-0.3, -0.25) is 4.90 Å². The summed E-state index contributed by atoms with van der Waals surface area (Å²) in [5.41, 5.74) is 5.50. The molecule has 0 bridgehead atoms. The third kappa shape index (κ3) is 5.30. The van der Waals surface area contributed by atoms with E-state index < -0.39 is 6.09 Å². The van der Waals surface area contributed by atoms with Crippen LogP contribution in [0.1, 0.15) is 35.1 Å². The van der Waals surface area contributed by atoms with Gasteiger partial charge in [0.1, 0.15) is 5.75 Å². The van der Waals surface area contributed by atoms with Crippen LogP contribution in [0.5, 0.6) is 5.75 Å². The molecule has 29 heavy (non-hydrogen) atoms. The van der Waals surface area contributed by atoms with Crippen LogP contribution in [0.15, 0.2) is 42.5 Å². The van der Waals surface area contributed by atoms with Gasteiger partial charge in [-0.25, -0.2) is 4.79 Å². The van der Waals surface area contributed by atoms with E-state index in [4.69, 9.17) is 9.84 Å². The van der Waals surface area contributed by atoms with Crippen molar-refractivity contribution >= 4 is 6.09 Å². The molecule has 2 aromatic carbocycles. The molecule has 1 fully saturated rings. The van der Waals surface area contributed by atoms with E-state index >= 15 is 0 Å². The SMILES string of the molecule is O=C(O)N1CCN(Cc2ccc(CCOc3ccc4c(c3)CCCC4)cc2)CC1. The maximum Gasteiger partial charge on any atom is 0.407 e. The lowest BCUT2D eigenvalue weighted by molar-refractivity contribution is 0.103. The van der Waals surface area contributed by atoms with Crippen LogP contribution in [0, 0.1) is 0 Å². The summed E-state index contributed by atoms with van der Waals surface area (Å²) in [6.45, 7) is 4.33. The third-order valence-electron chi connectivity index (χ3n) is 6.05. The molecule has 5 heteroatoms. The predicted octanol–water partition coefficient (Wildman–Crippen LogP) is 3.98. The number of amides is 1. The van der Waals surface area contributed by atoms with Crippen molar-refractivity contribution in [3.63, 3.8) is 0 Å².